The summed E-state index contributed by atoms with van der Waals surface area (Å²) in [5.41, 5.74) is 15.1. The van der Waals surface area contributed by atoms with Crippen molar-refractivity contribution in [3.05, 3.63) is 273 Å². The highest BCUT2D eigenvalue weighted by Crippen LogP contribution is 2.50. The van der Waals surface area contributed by atoms with E-state index in [9.17, 15) is 0 Å². The average Bonchev–Trinajstić information content (AvgIpc) is 4.03. The number of hydrogen-bond donors (Lipinski definition) is 0. The maximum absolute atomic E-state index is 9.09. The molecule has 0 amide bonds. The van der Waals surface area contributed by atoms with Crippen molar-refractivity contribution in [3.8, 4) is 39.1 Å². The fraction of sp³-hybridized carbons (Fsp3) is 0. The van der Waals surface area contributed by atoms with Crippen molar-refractivity contribution in [2.24, 2.45) is 0 Å². The first-order valence-electron chi connectivity index (χ1n) is 25.5. The van der Waals surface area contributed by atoms with Crippen molar-refractivity contribution in [1.82, 2.24) is 4.57 Å². The molecule has 0 atom stereocenters. The molecule has 0 fully saturated rings. The fourth-order valence-corrected chi connectivity index (χ4v) is 10.2. The molecule has 0 aliphatic rings. The summed E-state index contributed by atoms with van der Waals surface area (Å²) in [6.45, 7) is 0. The number of hydrogen-bond acceptors (Lipinski definition) is 3. The zero-order valence-electron chi connectivity index (χ0n) is 41.9. The third-order valence-corrected chi connectivity index (χ3v) is 13.3. The van der Waals surface area contributed by atoms with Crippen LogP contribution in [0, 0.1) is 0 Å². The SMILES string of the molecule is [2H]c1c([2H])c([2H])c2c(oc3c(N(c4cc(-c5ccccc5)cc(N(c5ccc6c7ccccc7n(-c7ccccc7)c6c5)c5ccccc5-c5ccccc5)c4)c4ccccc4-c4ccccc4)cccc32)c1[2H]. The van der Waals surface area contributed by atoms with Gasteiger partial charge in [0.2, 0.25) is 0 Å². The van der Waals surface area contributed by atoms with Crippen molar-refractivity contribution < 1.29 is 9.90 Å². The fourth-order valence-electron chi connectivity index (χ4n) is 10.2. The van der Waals surface area contributed by atoms with Crippen LogP contribution < -0.4 is 9.80 Å². The smallest absolute Gasteiger partial charge is 0.159 e. The molecule has 2 aromatic heterocycles. The molecule has 70 heavy (non-hydrogen) atoms. The topological polar surface area (TPSA) is 24.6 Å². The number of furan rings is 1. The quantitative estimate of drug-likeness (QED) is 0.137. The van der Waals surface area contributed by atoms with Crippen LogP contribution in [0.3, 0.4) is 0 Å². The van der Waals surface area contributed by atoms with Crippen molar-refractivity contribution in [2.75, 3.05) is 9.80 Å². The molecule has 13 aromatic rings. The van der Waals surface area contributed by atoms with E-state index in [1.165, 1.54) is 5.39 Å². The number of rotatable bonds is 10. The Morgan fingerprint density at radius 1 is 0.343 bits per heavy atom. The number of anilines is 6. The Kier molecular flexibility index (Phi) is 9.11. The summed E-state index contributed by atoms with van der Waals surface area (Å²) in [6.07, 6.45) is 0. The molecule has 0 bridgehead atoms. The van der Waals surface area contributed by atoms with Gasteiger partial charge in [0.05, 0.1) is 33.6 Å². The summed E-state index contributed by atoms with van der Waals surface area (Å²) >= 11 is 0. The minimum atomic E-state index is -0.340. The molecule has 0 radical (unpaired) electrons. The molecule has 0 aliphatic heterocycles. The first kappa shape index (κ1) is 36.7. The third-order valence-electron chi connectivity index (χ3n) is 13.3. The van der Waals surface area contributed by atoms with Gasteiger partial charge in [-0.1, -0.05) is 200 Å². The van der Waals surface area contributed by atoms with Crippen LogP contribution in [0.4, 0.5) is 34.1 Å². The van der Waals surface area contributed by atoms with E-state index >= 15 is 0 Å². The maximum Gasteiger partial charge on any atom is 0.159 e. The molecular weight excluding hydrogens is 851 g/mol. The standard InChI is InChI=1S/C66H45N3O/c1-5-22-46(23-6-1)49-42-52(44-53(43-49)69(61-36-18-14-31-55(61)48-26-9-3-10-27-48)63-38-21-34-59-58-33-16-20-39-65(58)70-66(59)63)67(60-35-17-13-30-54(60)47-24-7-2-8-25-47)51-40-41-57-56-32-15-19-37-62(56)68(64(57)45-51)50-28-11-4-12-29-50/h1-45H/i16D,20D,33D,39D. The van der Waals surface area contributed by atoms with Crippen molar-refractivity contribution in [2.45, 2.75) is 0 Å². The van der Waals surface area contributed by atoms with Gasteiger partial charge in [0.1, 0.15) is 5.58 Å². The number of fused-ring (bicyclic) bond motifs is 6. The average molecular weight is 900 g/mol. The second-order valence-corrected chi connectivity index (χ2v) is 17.4. The summed E-state index contributed by atoms with van der Waals surface area (Å²) in [5.74, 6) is 0. The van der Waals surface area contributed by atoms with Crippen LogP contribution in [0.25, 0.3) is 82.8 Å². The Labute approximate surface area is 412 Å². The molecule has 0 N–H and O–H groups in total. The van der Waals surface area contributed by atoms with Crippen LogP contribution in [0.5, 0.6) is 0 Å². The van der Waals surface area contributed by atoms with Gasteiger partial charge < -0.3 is 18.8 Å². The van der Waals surface area contributed by atoms with E-state index in [1.54, 1.807) is 0 Å². The Morgan fingerprint density at radius 2 is 0.871 bits per heavy atom. The zero-order valence-corrected chi connectivity index (χ0v) is 37.9. The normalized spacial score (nSPS) is 12.2. The van der Waals surface area contributed by atoms with Crippen molar-refractivity contribution in [3.63, 3.8) is 0 Å². The van der Waals surface area contributed by atoms with Gasteiger partial charge in [-0.25, -0.2) is 0 Å². The minimum absolute atomic E-state index is 0.112. The lowest BCUT2D eigenvalue weighted by atomic mass is 9.98. The van der Waals surface area contributed by atoms with E-state index < -0.39 is 0 Å². The lowest BCUT2D eigenvalue weighted by Gasteiger charge is -2.32. The lowest BCUT2D eigenvalue weighted by Crippen LogP contribution is -2.15. The van der Waals surface area contributed by atoms with Crippen LogP contribution in [0.1, 0.15) is 5.48 Å². The predicted molar refractivity (Wildman–Crippen MR) is 294 cm³/mol. The lowest BCUT2D eigenvalue weighted by molar-refractivity contribution is 0.669. The highest BCUT2D eigenvalue weighted by atomic mass is 16.3. The summed E-state index contributed by atoms with van der Waals surface area (Å²) in [6, 6.07) is 85.7. The van der Waals surface area contributed by atoms with E-state index in [0.29, 0.717) is 22.0 Å². The van der Waals surface area contributed by atoms with Crippen LogP contribution >= 0.6 is 0 Å². The maximum atomic E-state index is 9.09. The molecule has 13 rings (SSSR count). The summed E-state index contributed by atoms with van der Waals surface area (Å²) in [5, 5.41) is 3.25. The van der Waals surface area contributed by atoms with Gasteiger partial charge in [-0.15, -0.1) is 0 Å². The minimum Gasteiger partial charge on any atom is -0.454 e. The number of para-hydroxylation sites is 6. The number of benzene rings is 11. The number of nitrogens with zero attached hydrogens (tertiary/aromatic N) is 3. The second-order valence-electron chi connectivity index (χ2n) is 17.4. The van der Waals surface area contributed by atoms with Crippen LogP contribution in [0.15, 0.2) is 277 Å². The van der Waals surface area contributed by atoms with Crippen molar-refractivity contribution in [1.29, 1.82) is 0 Å². The Balaban J connectivity index is 1.14. The first-order chi connectivity index (χ1) is 36.4. The van der Waals surface area contributed by atoms with Gasteiger partial charge in [-0.05, 0) is 95.0 Å². The van der Waals surface area contributed by atoms with Crippen LogP contribution in [-0.4, -0.2) is 4.57 Å². The molecular formula is C66H45N3O. The van der Waals surface area contributed by atoms with Crippen molar-refractivity contribution >= 4 is 77.9 Å². The zero-order chi connectivity index (χ0) is 49.9. The summed E-state index contributed by atoms with van der Waals surface area (Å²) in [4.78, 5) is 4.59. The van der Waals surface area contributed by atoms with E-state index in [0.717, 1.165) is 83.9 Å². The monoisotopic (exact) mass is 899 g/mol. The van der Waals surface area contributed by atoms with Crippen LogP contribution in [-0.2, 0) is 0 Å². The molecule has 330 valence electrons. The summed E-state index contributed by atoms with van der Waals surface area (Å²) < 4.78 is 44.5. The molecule has 0 saturated carbocycles. The molecule has 11 aromatic carbocycles. The molecule has 0 unspecified atom stereocenters. The molecule has 4 heteroatoms. The van der Waals surface area contributed by atoms with E-state index in [4.69, 9.17) is 9.90 Å². The summed E-state index contributed by atoms with van der Waals surface area (Å²) in [7, 11) is 0. The van der Waals surface area contributed by atoms with Gasteiger partial charge in [-0.2, -0.15) is 0 Å². The Bertz CT molecular complexity index is 4250. The van der Waals surface area contributed by atoms with Gasteiger partial charge >= 0.3 is 0 Å². The highest BCUT2D eigenvalue weighted by molar-refractivity contribution is 6.12. The molecule has 2 heterocycles. The number of aromatic nitrogens is 1. The van der Waals surface area contributed by atoms with E-state index in [1.807, 2.05) is 54.6 Å². The molecule has 0 saturated heterocycles. The van der Waals surface area contributed by atoms with Gasteiger partial charge in [0, 0.05) is 55.4 Å². The van der Waals surface area contributed by atoms with Gasteiger partial charge in [-0.3, -0.25) is 0 Å². The Hall–Kier alpha value is -9.38. The predicted octanol–water partition coefficient (Wildman–Crippen LogP) is 18.6. The first-order valence-corrected chi connectivity index (χ1v) is 23.5. The second kappa shape index (κ2) is 17.4. The largest absolute Gasteiger partial charge is 0.454 e. The molecule has 4 nitrogen and oxygen atoms in total. The van der Waals surface area contributed by atoms with Crippen LogP contribution in [0.2, 0.25) is 0 Å². The van der Waals surface area contributed by atoms with Gasteiger partial charge in [0.25, 0.3) is 0 Å². The van der Waals surface area contributed by atoms with E-state index in [2.05, 4.69) is 208 Å². The third kappa shape index (κ3) is 7.10. The van der Waals surface area contributed by atoms with E-state index in [-0.39, 0.29) is 29.8 Å². The molecule has 0 spiro atoms. The van der Waals surface area contributed by atoms with Gasteiger partial charge in [0.15, 0.2) is 5.58 Å². The highest BCUT2D eigenvalue weighted by Gasteiger charge is 2.26. The Morgan fingerprint density at radius 3 is 1.57 bits per heavy atom. The molecule has 0 aliphatic carbocycles.